The molecule has 0 bridgehead atoms. The lowest BCUT2D eigenvalue weighted by Gasteiger charge is -2.30. The lowest BCUT2D eigenvalue weighted by atomic mass is 10.1. The topological polar surface area (TPSA) is 91.4 Å². The highest BCUT2D eigenvalue weighted by atomic mass is 31.2. The normalized spacial score (nSPS) is 33.0. The molecule has 4 atom stereocenters. The maximum Gasteiger partial charge on any atom is 0.475 e. The molecule has 0 N–H and O–H groups in total. The van der Waals surface area contributed by atoms with Crippen LogP contribution in [0.25, 0.3) is 0 Å². The summed E-state index contributed by atoms with van der Waals surface area (Å²) >= 11 is 0. The predicted octanol–water partition coefficient (Wildman–Crippen LogP) is 2.59. The van der Waals surface area contributed by atoms with Gasteiger partial charge in [-0.15, -0.1) is 0 Å². The molecule has 1 aromatic rings. The van der Waals surface area contributed by atoms with Crippen LogP contribution in [0.4, 0.5) is 8.78 Å². The predicted molar refractivity (Wildman–Crippen MR) is 88.6 cm³/mol. The number of ether oxygens (including phenoxy) is 1. The fraction of sp³-hybridized carbons (Fsp3) is 0.412. The van der Waals surface area contributed by atoms with Crippen LogP contribution in [0.2, 0.25) is 0 Å². The van der Waals surface area contributed by atoms with Gasteiger partial charge in [0.15, 0.2) is 5.83 Å². The van der Waals surface area contributed by atoms with E-state index in [4.69, 9.17) is 18.3 Å². The molecule has 4 rings (SSSR count). The van der Waals surface area contributed by atoms with E-state index in [0.29, 0.717) is 5.56 Å². The number of amides is 1. The van der Waals surface area contributed by atoms with Gasteiger partial charge in [0.1, 0.15) is 24.3 Å². The van der Waals surface area contributed by atoms with Crippen LogP contribution in [-0.2, 0) is 39.1 Å². The fourth-order valence-electron chi connectivity index (χ4n) is 3.12. The highest BCUT2D eigenvalue weighted by molar-refractivity contribution is 7.48. The summed E-state index contributed by atoms with van der Waals surface area (Å²) in [4.78, 5) is 24.2. The largest absolute Gasteiger partial charge is 0.475 e. The van der Waals surface area contributed by atoms with Crippen molar-refractivity contribution in [2.45, 2.75) is 37.9 Å². The Morgan fingerprint density at radius 2 is 1.93 bits per heavy atom. The number of hydrogen-bond acceptors (Lipinski definition) is 7. The van der Waals surface area contributed by atoms with Crippen molar-refractivity contribution in [2.24, 2.45) is 0 Å². The second kappa shape index (κ2) is 7.46. The van der Waals surface area contributed by atoms with E-state index in [1.165, 1.54) is 24.3 Å². The zero-order chi connectivity index (χ0) is 19.9. The summed E-state index contributed by atoms with van der Waals surface area (Å²) in [5.74, 6) is -2.90. The van der Waals surface area contributed by atoms with Crippen molar-refractivity contribution in [1.29, 1.82) is 0 Å². The summed E-state index contributed by atoms with van der Waals surface area (Å²) in [7, 11) is -3.89. The highest BCUT2D eigenvalue weighted by Crippen LogP contribution is 2.56. The first-order chi connectivity index (χ1) is 13.3. The lowest BCUT2D eigenvalue weighted by molar-refractivity contribution is -0.146. The molecule has 0 aromatic heterocycles. The molecule has 3 aliphatic rings. The van der Waals surface area contributed by atoms with Crippen molar-refractivity contribution >= 4 is 19.5 Å². The van der Waals surface area contributed by atoms with Crippen molar-refractivity contribution in [3.8, 4) is 0 Å². The van der Waals surface area contributed by atoms with Crippen LogP contribution in [0.3, 0.4) is 0 Å². The Kier molecular flexibility index (Phi) is 5.15. The third kappa shape index (κ3) is 3.92. The van der Waals surface area contributed by atoms with Crippen LogP contribution in [0.5, 0.6) is 0 Å². The van der Waals surface area contributed by atoms with Gasteiger partial charge in [0, 0.05) is 12.6 Å². The molecule has 8 nitrogen and oxygen atoms in total. The van der Waals surface area contributed by atoms with E-state index in [0.717, 1.165) is 11.1 Å². The Labute approximate surface area is 158 Å². The minimum Gasteiger partial charge on any atom is -0.349 e. The van der Waals surface area contributed by atoms with E-state index in [1.54, 1.807) is 0 Å². The Morgan fingerprint density at radius 1 is 1.18 bits per heavy atom. The summed E-state index contributed by atoms with van der Waals surface area (Å²) in [6.07, 6.45) is -1.84. The average Bonchev–Trinajstić information content (AvgIpc) is 3.07. The number of halogens is 2. The van der Waals surface area contributed by atoms with Crippen molar-refractivity contribution < 1.29 is 41.2 Å². The zero-order valence-corrected chi connectivity index (χ0v) is 15.3. The van der Waals surface area contributed by atoms with E-state index >= 15 is 0 Å². The smallest absolute Gasteiger partial charge is 0.349 e. The number of carbonyl (C=O) groups excluding carboxylic acids is 2. The van der Waals surface area contributed by atoms with E-state index in [-0.39, 0.29) is 19.6 Å². The fourth-order valence-corrected chi connectivity index (χ4v) is 4.50. The molecule has 2 saturated heterocycles. The van der Waals surface area contributed by atoms with E-state index < -0.39 is 56.0 Å². The molecule has 1 aromatic carbocycles. The number of allylic oxidation sites excluding steroid dienone is 1. The van der Waals surface area contributed by atoms with Gasteiger partial charge in [0.2, 0.25) is 11.7 Å². The van der Waals surface area contributed by atoms with Crippen LogP contribution in [0.1, 0.15) is 18.4 Å². The minimum absolute atomic E-state index is 0.102. The van der Waals surface area contributed by atoms with Crippen LogP contribution in [-0.4, -0.2) is 41.6 Å². The quantitative estimate of drug-likeness (QED) is 0.552. The Bertz CT molecular complexity index is 875. The molecule has 0 saturated carbocycles. The van der Waals surface area contributed by atoms with Gasteiger partial charge in [0.25, 0.3) is 0 Å². The van der Waals surface area contributed by atoms with Gasteiger partial charge in [-0.05, 0) is 17.7 Å². The van der Waals surface area contributed by atoms with Crippen LogP contribution in [0.15, 0.2) is 36.3 Å². The standard InChI is InChI=1S/C17H16F2NO7P/c18-11-3-1-10(2-4-11)8-24-28(23)25-9-15-14(27-28)6-17(26-15)20-7-12(19)13(21)5-16(20)22/h1-4,7,14-15,17H,5-6,8-9H2/t14-,15+,17+,28?/m0/s1. The number of phosphoric ester groups is 1. The summed E-state index contributed by atoms with van der Waals surface area (Å²) in [6.45, 7) is -0.213. The van der Waals surface area contributed by atoms with Gasteiger partial charge in [-0.3, -0.25) is 28.1 Å². The number of carbonyl (C=O) groups is 2. The number of rotatable bonds is 4. The van der Waals surface area contributed by atoms with Gasteiger partial charge in [-0.25, -0.2) is 13.3 Å². The maximum atomic E-state index is 13.6. The molecule has 1 unspecified atom stereocenters. The van der Waals surface area contributed by atoms with Gasteiger partial charge < -0.3 is 4.74 Å². The molecule has 1 amide bonds. The molecule has 11 heteroatoms. The zero-order valence-electron chi connectivity index (χ0n) is 14.5. The second-order valence-electron chi connectivity index (χ2n) is 6.53. The minimum atomic E-state index is -3.89. The SMILES string of the molecule is O=C1CC(=O)N([C@H]2C[C@@H]3OP(=O)(OCc4ccc(F)cc4)OC[C@H]3O2)C=C1F. The molecule has 3 aliphatic heterocycles. The molecule has 3 heterocycles. The maximum absolute atomic E-state index is 13.6. The number of Topliss-reactive ketones (excluding diaryl/α,β-unsaturated/α-hetero) is 1. The van der Waals surface area contributed by atoms with Gasteiger partial charge in [0.05, 0.1) is 19.6 Å². The summed E-state index contributed by atoms with van der Waals surface area (Å²) < 4.78 is 60.7. The third-order valence-electron chi connectivity index (χ3n) is 4.57. The van der Waals surface area contributed by atoms with E-state index in [2.05, 4.69) is 0 Å². The molecular formula is C17H16F2NO7P. The van der Waals surface area contributed by atoms with Crippen LogP contribution < -0.4 is 0 Å². The molecular weight excluding hydrogens is 399 g/mol. The van der Waals surface area contributed by atoms with Crippen molar-refractivity contribution in [3.63, 3.8) is 0 Å². The molecule has 28 heavy (non-hydrogen) atoms. The second-order valence-corrected chi connectivity index (χ2v) is 8.15. The van der Waals surface area contributed by atoms with Crippen molar-refractivity contribution in [2.75, 3.05) is 6.61 Å². The number of ketones is 1. The number of phosphoric acid groups is 1. The number of benzene rings is 1. The summed E-state index contributed by atoms with van der Waals surface area (Å²) in [5.41, 5.74) is 0.579. The Hall–Kier alpha value is -1.97. The van der Waals surface area contributed by atoms with Gasteiger partial charge in [-0.2, -0.15) is 0 Å². The van der Waals surface area contributed by atoms with Crippen LogP contribution in [0, 0.1) is 5.82 Å². The number of nitrogens with zero attached hydrogens (tertiary/aromatic N) is 1. The number of fused-ring (bicyclic) bond motifs is 1. The van der Waals surface area contributed by atoms with Crippen molar-refractivity contribution in [1.82, 2.24) is 4.90 Å². The van der Waals surface area contributed by atoms with E-state index in [1.807, 2.05) is 0 Å². The van der Waals surface area contributed by atoms with Gasteiger partial charge >= 0.3 is 7.82 Å². The van der Waals surface area contributed by atoms with Gasteiger partial charge in [-0.1, -0.05) is 12.1 Å². The van der Waals surface area contributed by atoms with Crippen molar-refractivity contribution in [3.05, 3.63) is 47.7 Å². The summed E-state index contributed by atoms with van der Waals surface area (Å²) in [5, 5.41) is 0. The first kappa shape index (κ1) is 19.4. The first-order valence-corrected chi connectivity index (χ1v) is 9.98. The first-order valence-electron chi connectivity index (χ1n) is 8.52. The average molecular weight is 415 g/mol. The lowest BCUT2D eigenvalue weighted by Crippen LogP contribution is -2.40. The Balaban J connectivity index is 1.39. The molecule has 2 fully saturated rings. The molecule has 0 aliphatic carbocycles. The van der Waals surface area contributed by atoms with Crippen LogP contribution >= 0.6 is 7.82 Å². The third-order valence-corrected chi connectivity index (χ3v) is 6.01. The highest BCUT2D eigenvalue weighted by Gasteiger charge is 2.49. The summed E-state index contributed by atoms with van der Waals surface area (Å²) in [6, 6.07) is 5.45. The Morgan fingerprint density at radius 3 is 2.68 bits per heavy atom. The van der Waals surface area contributed by atoms with E-state index in [9.17, 15) is 22.9 Å². The molecule has 0 radical (unpaired) electrons. The number of hydrogen-bond donors (Lipinski definition) is 0. The molecule has 150 valence electrons. The molecule has 0 spiro atoms. The monoisotopic (exact) mass is 415 g/mol.